The molecular formula is C9H19ClO2Si. The van der Waals surface area contributed by atoms with Gasteiger partial charge >= 0.3 is 8.56 Å². The van der Waals surface area contributed by atoms with Crippen molar-refractivity contribution in [2.24, 2.45) is 0 Å². The molecule has 0 unspecified atom stereocenters. The summed E-state index contributed by atoms with van der Waals surface area (Å²) in [5.41, 5.74) is 1.17. The molecule has 0 N–H and O–H groups in total. The molecule has 78 valence electrons. The van der Waals surface area contributed by atoms with Crippen molar-refractivity contribution in [3.8, 4) is 0 Å². The summed E-state index contributed by atoms with van der Waals surface area (Å²) in [6.07, 6.45) is 6.45. The molecule has 1 saturated carbocycles. The molecule has 0 atom stereocenters. The van der Waals surface area contributed by atoms with Crippen LogP contribution in [0.5, 0.6) is 0 Å². The number of alkyl halides is 1. The molecule has 4 heteroatoms. The molecule has 1 fully saturated rings. The van der Waals surface area contributed by atoms with Gasteiger partial charge in [0, 0.05) is 19.8 Å². The van der Waals surface area contributed by atoms with E-state index in [0.29, 0.717) is 11.0 Å². The van der Waals surface area contributed by atoms with E-state index in [1.807, 2.05) is 0 Å². The lowest BCUT2D eigenvalue weighted by Gasteiger charge is -2.35. The van der Waals surface area contributed by atoms with Crippen molar-refractivity contribution >= 4 is 20.2 Å². The maximum Gasteiger partial charge on any atom is 0.356 e. The summed E-state index contributed by atoms with van der Waals surface area (Å²) in [5.74, 6) is 0. The number of rotatable bonds is 4. The van der Waals surface area contributed by atoms with Gasteiger partial charge in [0.1, 0.15) is 0 Å². The van der Waals surface area contributed by atoms with Gasteiger partial charge in [-0.3, -0.25) is 0 Å². The third-order valence-corrected chi connectivity index (χ3v) is 7.80. The molecule has 0 radical (unpaired) electrons. The lowest BCUT2D eigenvalue weighted by molar-refractivity contribution is 0.223. The van der Waals surface area contributed by atoms with Crippen molar-refractivity contribution < 1.29 is 8.85 Å². The summed E-state index contributed by atoms with van der Waals surface area (Å²) in [5, 5.41) is 0. The standard InChI is InChI=1S/C9H19ClO2Si/c1-11-13(8-10,12-2)9-6-4-3-5-7-9/h9H,3-8H2,1-2H3. The van der Waals surface area contributed by atoms with Gasteiger partial charge in [-0.2, -0.15) is 0 Å². The van der Waals surface area contributed by atoms with Crippen LogP contribution in [0.15, 0.2) is 0 Å². The first-order valence-corrected chi connectivity index (χ1v) is 7.59. The van der Waals surface area contributed by atoms with Gasteiger partial charge in [-0.1, -0.05) is 19.3 Å². The molecule has 1 aliphatic carbocycles. The number of hydrogen-bond donors (Lipinski definition) is 0. The van der Waals surface area contributed by atoms with E-state index in [1.165, 1.54) is 32.1 Å². The number of halogens is 1. The van der Waals surface area contributed by atoms with E-state index in [2.05, 4.69) is 0 Å². The van der Waals surface area contributed by atoms with E-state index < -0.39 is 8.56 Å². The van der Waals surface area contributed by atoms with Crippen LogP contribution in [0.3, 0.4) is 0 Å². The first-order valence-electron chi connectivity index (χ1n) is 4.95. The highest BCUT2D eigenvalue weighted by Crippen LogP contribution is 2.37. The second-order valence-electron chi connectivity index (χ2n) is 3.69. The van der Waals surface area contributed by atoms with Crippen molar-refractivity contribution in [1.82, 2.24) is 0 Å². The van der Waals surface area contributed by atoms with Crippen LogP contribution in [0.1, 0.15) is 32.1 Å². The SMILES string of the molecule is CO[Si](CCl)(OC)C1CCCCC1. The van der Waals surface area contributed by atoms with Crippen LogP contribution in [0.2, 0.25) is 5.54 Å². The van der Waals surface area contributed by atoms with E-state index in [9.17, 15) is 0 Å². The third kappa shape index (κ3) is 2.46. The fourth-order valence-electron chi connectivity index (χ4n) is 2.18. The highest BCUT2D eigenvalue weighted by Gasteiger charge is 2.43. The van der Waals surface area contributed by atoms with E-state index in [-0.39, 0.29) is 0 Å². The Balaban J connectivity index is 2.60. The molecule has 0 saturated heterocycles. The zero-order chi connectivity index (χ0) is 9.73. The Morgan fingerprint density at radius 3 is 2.08 bits per heavy atom. The fraction of sp³-hybridized carbons (Fsp3) is 1.00. The largest absolute Gasteiger partial charge is 0.397 e. The van der Waals surface area contributed by atoms with Crippen LogP contribution in [0.4, 0.5) is 0 Å². The van der Waals surface area contributed by atoms with Crippen molar-refractivity contribution in [2.75, 3.05) is 19.7 Å². The Morgan fingerprint density at radius 2 is 1.69 bits per heavy atom. The van der Waals surface area contributed by atoms with Gasteiger partial charge in [-0.05, 0) is 12.8 Å². The smallest absolute Gasteiger partial charge is 0.356 e. The molecule has 0 amide bonds. The first-order chi connectivity index (χ1) is 6.29. The molecule has 2 nitrogen and oxygen atoms in total. The summed E-state index contributed by atoms with van der Waals surface area (Å²) in [6, 6.07) is 0. The Kier molecular flexibility index (Phi) is 4.73. The van der Waals surface area contributed by atoms with E-state index in [0.717, 1.165) is 0 Å². The van der Waals surface area contributed by atoms with Crippen molar-refractivity contribution in [2.45, 2.75) is 37.6 Å². The van der Waals surface area contributed by atoms with Gasteiger partial charge in [-0.25, -0.2) is 0 Å². The maximum atomic E-state index is 5.97. The van der Waals surface area contributed by atoms with Crippen LogP contribution in [-0.2, 0) is 8.85 Å². The van der Waals surface area contributed by atoms with Crippen LogP contribution in [0, 0.1) is 0 Å². The minimum Gasteiger partial charge on any atom is -0.397 e. The van der Waals surface area contributed by atoms with Crippen molar-refractivity contribution in [3.63, 3.8) is 0 Å². The minimum absolute atomic E-state index is 0.560. The van der Waals surface area contributed by atoms with E-state index in [1.54, 1.807) is 14.2 Å². The second kappa shape index (κ2) is 5.34. The zero-order valence-electron chi connectivity index (χ0n) is 8.51. The monoisotopic (exact) mass is 222 g/mol. The molecule has 0 aliphatic heterocycles. The van der Waals surface area contributed by atoms with Gasteiger partial charge in [-0.15, -0.1) is 11.6 Å². The predicted molar refractivity (Wildman–Crippen MR) is 57.3 cm³/mol. The van der Waals surface area contributed by atoms with Crippen molar-refractivity contribution in [1.29, 1.82) is 0 Å². The normalized spacial score (nSPS) is 20.5. The summed E-state index contributed by atoms with van der Waals surface area (Å²) in [6.45, 7) is 0. The summed E-state index contributed by atoms with van der Waals surface area (Å²) < 4.78 is 11.1. The van der Waals surface area contributed by atoms with Gasteiger partial charge in [0.25, 0.3) is 0 Å². The van der Waals surface area contributed by atoms with Crippen LogP contribution >= 0.6 is 11.6 Å². The average Bonchev–Trinajstić information content (AvgIpc) is 2.23. The third-order valence-electron chi connectivity index (χ3n) is 3.10. The molecule has 0 spiro atoms. The lowest BCUT2D eigenvalue weighted by atomic mass is 10.0. The second-order valence-corrected chi connectivity index (χ2v) is 8.01. The average molecular weight is 223 g/mol. The summed E-state index contributed by atoms with van der Waals surface area (Å²) >= 11 is 5.97. The van der Waals surface area contributed by atoms with Crippen LogP contribution < -0.4 is 0 Å². The summed E-state index contributed by atoms with van der Waals surface area (Å²) in [7, 11) is 1.43. The molecular weight excluding hydrogens is 204 g/mol. The minimum atomic E-state index is -2.05. The highest BCUT2D eigenvalue weighted by atomic mass is 35.5. The Hall–Kier alpha value is 0.427. The Labute approximate surface area is 86.8 Å². The molecule has 0 heterocycles. The maximum absolute atomic E-state index is 5.97. The molecule has 1 aliphatic rings. The first kappa shape index (κ1) is 11.5. The topological polar surface area (TPSA) is 18.5 Å². The van der Waals surface area contributed by atoms with Gasteiger partial charge in [0.2, 0.25) is 0 Å². The molecule has 13 heavy (non-hydrogen) atoms. The van der Waals surface area contributed by atoms with E-state index >= 15 is 0 Å². The predicted octanol–water partition coefficient (Wildman–Crippen LogP) is 2.83. The van der Waals surface area contributed by atoms with Crippen LogP contribution in [-0.4, -0.2) is 28.3 Å². The fourth-order valence-corrected chi connectivity index (χ4v) is 6.04. The molecule has 0 aromatic rings. The number of hydrogen-bond acceptors (Lipinski definition) is 2. The molecule has 0 bridgehead atoms. The van der Waals surface area contributed by atoms with Gasteiger partial charge in [0.15, 0.2) is 0 Å². The quantitative estimate of drug-likeness (QED) is 0.538. The molecule has 0 aromatic heterocycles. The van der Waals surface area contributed by atoms with Crippen molar-refractivity contribution in [3.05, 3.63) is 0 Å². The van der Waals surface area contributed by atoms with Gasteiger partial charge < -0.3 is 8.85 Å². The molecule has 0 aromatic carbocycles. The van der Waals surface area contributed by atoms with Crippen LogP contribution in [0.25, 0.3) is 0 Å². The van der Waals surface area contributed by atoms with E-state index in [4.69, 9.17) is 20.5 Å². The highest BCUT2D eigenvalue weighted by molar-refractivity contribution is 6.75. The lowest BCUT2D eigenvalue weighted by Crippen LogP contribution is -2.48. The molecule has 1 rings (SSSR count). The zero-order valence-corrected chi connectivity index (χ0v) is 10.3. The Morgan fingerprint density at radius 1 is 1.15 bits per heavy atom. The van der Waals surface area contributed by atoms with Gasteiger partial charge in [0.05, 0.1) is 5.50 Å². The summed E-state index contributed by atoms with van der Waals surface area (Å²) in [4.78, 5) is 0. The Bertz CT molecular complexity index is 136.